The van der Waals surface area contributed by atoms with Crippen LogP contribution in [0.25, 0.3) is 11.1 Å². The number of hydrogen-bond acceptors (Lipinski definition) is 5. The number of nitrogens with zero attached hydrogens (tertiary/aromatic N) is 1. The van der Waals surface area contributed by atoms with Gasteiger partial charge in [-0.3, -0.25) is 14.5 Å². The van der Waals surface area contributed by atoms with E-state index in [-0.39, 0.29) is 18.0 Å². The maximum absolute atomic E-state index is 13.2. The Balaban J connectivity index is 1.37. The smallest absolute Gasteiger partial charge is 0.416 e. The van der Waals surface area contributed by atoms with Gasteiger partial charge in [-0.2, -0.15) is 13.2 Å². The third kappa shape index (κ3) is 6.83. The molecule has 1 saturated heterocycles. The molecule has 0 spiro atoms. The van der Waals surface area contributed by atoms with Crippen molar-refractivity contribution >= 4 is 11.9 Å². The lowest BCUT2D eigenvalue weighted by Gasteiger charge is -2.37. The number of amides is 1. The molecule has 9 heteroatoms. The summed E-state index contributed by atoms with van der Waals surface area (Å²) < 4.78 is 44.0. The predicted molar refractivity (Wildman–Crippen MR) is 139 cm³/mol. The molecule has 0 radical (unpaired) electrons. The fourth-order valence-electron chi connectivity index (χ4n) is 4.80. The number of dihydropyridines is 1. The molecule has 1 fully saturated rings. The van der Waals surface area contributed by atoms with Crippen LogP contribution in [0, 0.1) is 12.8 Å². The standard InChI is InChI=1S/C29H32F3N3O3/c1-3-38-27(36)17-20-12-14-35(15-13-20)26-11-9-23(18-33-26)34-28(37)24-10-4-19(2)16-25(24)21-5-7-22(8-6-21)29(30,31)32/h4-11,16,18,20,26,33H,3,12-15,17H2,1-2H3,(H,34,37). The van der Waals surface area contributed by atoms with E-state index in [1.54, 1.807) is 24.4 Å². The van der Waals surface area contributed by atoms with Crippen LogP contribution in [0.5, 0.6) is 0 Å². The minimum absolute atomic E-state index is 0.0127. The molecule has 4 rings (SSSR count). The average molecular weight is 528 g/mol. The summed E-state index contributed by atoms with van der Waals surface area (Å²) in [6.07, 6.45) is 3.42. The number of carbonyl (C=O) groups is 2. The van der Waals surface area contributed by atoms with E-state index in [9.17, 15) is 22.8 Å². The second kappa shape index (κ2) is 11.9. The van der Waals surface area contributed by atoms with Crippen LogP contribution in [0.3, 0.4) is 0 Å². The van der Waals surface area contributed by atoms with Crippen molar-refractivity contribution in [2.24, 2.45) is 5.92 Å². The minimum atomic E-state index is -4.42. The summed E-state index contributed by atoms with van der Waals surface area (Å²) in [7, 11) is 0. The highest BCUT2D eigenvalue weighted by atomic mass is 19.4. The van der Waals surface area contributed by atoms with Gasteiger partial charge in [0.25, 0.3) is 5.91 Å². The molecule has 0 bridgehead atoms. The minimum Gasteiger partial charge on any atom is -0.466 e. The van der Waals surface area contributed by atoms with Crippen LogP contribution < -0.4 is 10.6 Å². The third-order valence-corrected chi connectivity index (χ3v) is 6.87. The topological polar surface area (TPSA) is 70.7 Å². The number of rotatable bonds is 7. The lowest BCUT2D eigenvalue weighted by molar-refractivity contribution is -0.144. The van der Waals surface area contributed by atoms with Gasteiger partial charge in [0.2, 0.25) is 0 Å². The van der Waals surface area contributed by atoms with Crippen LogP contribution in [0.4, 0.5) is 13.2 Å². The number of piperidine rings is 1. The van der Waals surface area contributed by atoms with Crippen LogP contribution in [0.1, 0.15) is 47.7 Å². The fourth-order valence-corrected chi connectivity index (χ4v) is 4.80. The monoisotopic (exact) mass is 527 g/mol. The molecule has 202 valence electrons. The molecule has 1 atom stereocenters. The third-order valence-electron chi connectivity index (χ3n) is 6.87. The van der Waals surface area contributed by atoms with Crippen LogP contribution in [-0.4, -0.2) is 42.6 Å². The van der Waals surface area contributed by atoms with E-state index in [4.69, 9.17) is 4.74 Å². The first kappa shape index (κ1) is 27.4. The van der Waals surface area contributed by atoms with E-state index in [1.807, 2.05) is 26.0 Å². The van der Waals surface area contributed by atoms with Gasteiger partial charge in [0.1, 0.15) is 0 Å². The van der Waals surface area contributed by atoms with E-state index >= 15 is 0 Å². The molecule has 1 amide bonds. The van der Waals surface area contributed by atoms with Crippen molar-refractivity contribution < 1.29 is 27.5 Å². The van der Waals surface area contributed by atoms with Gasteiger partial charge in [0.15, 0.2) is 0 Å². The van der Waals surface area contributed by atoms with Crippen molar-refractivity contribution in [2.75, 3.05) is 19.7 Å². The number of nitrogens with one attached hydrogen (secondary N) is 2. The van der Waals surface area contributed by atoms with E-state index in [1.165, 1.54) is 12.1 Å². The molecule has 2 aliphatic rings. The number of alkyl halides is 3. The first-order chi connectivity index (χ1) is 18.1. The van der Waals surface area contributed by atoms with Gasteiger partial charge >= 0.3 is 12.1 Å². The van der Waals surface area contributed by atoms with Crippen molar-refractivity contribution in [3.63, 3.8) is 0 Å². The zero-order valence-corrected chi connectivity index (χ0v) is 21.5. The summed E-state index contributed by atoms with van der Waals surface area (Å²) in [5, 5.41) is 6.20. The molecular weight excluding hydrogens is 495 g/mol. The van der Waals surface area contributed by atoms with Crippen molar-refractivity contribution in [1.82, 2.24) is 15.5 Å². The molecular formula is C29H32F3N3O3. The Hall–Kier alpha value is -3.59. The van der Waals surface area contributed by atoms with Gasteiger partial charge in [0, 0.05) is 31.3 Å². The SMILES string of the molecule is CCOC(=O)CC1CCN(C2C=CC(NC(=O)c3ccc(C)cc3-c3ccc(C(F)(F)F)cc3)=CN2)CC1. The van der Waals surface area contributed by atoms with Crippen LogP contribution in [0.2, 0.25) is 0 Å². The largest absolute Gasteiger partial charge is 0.466 e. The Labute approximate surface area is 220 Å². The molecule has 2 N–H and O–H groups in total. The first-order valence-electron chi connectivity index (χ1n) is 12.8. The van der Waals surface area contributed by atoms with Gasteiger partial charge < -0.3 is 15.4 Å². The number of aryl methyl sites for hydroxylation is 1. The van der Waals surface area contributed by atoms with Crippen molar-refractivity contribution in [3.8, 4) is 11.1 Å². The highest BCUT2D eigenvalue weighted by molar-refractivity contribution is 6.02. The number of carbonyl (C=O) groups excluding carboxylic acids is 2. The van der Waals surface area contributed by atoms with E-state index in [0.29, 0.717) is 41.3 Å². The lowest BCUT2D eigenvalue weighted by atomic mass is 9.93. The molecule has 0 saturated carbocycles. The highest BCUT2D eigenvalue weighted by Gasteiger charge is 2.30. The Morgan fingerprint density at radius 1 is 1.11 bits per heavy atom. The molecule has 2 heterocycles. The quantitative estimate of drug-likeness (QED) is 0.472. The molecule has 2 aliphatic heterocycles. The summed E-state index contributed by atoms with van der Waals surface area (Å²) >= 11 is 0. The maximum Gasteiger partial charge on any atom is 0.416 e. The van der Waals surface area contributed by atoms with Crippen molar-refractivity contribution in [2.45, 2.75) is 45.5 Å². The number of likely N-dealkylation sites (tertiary alicyclic amines) is 1. The highest BCUT2D eigenvalue weighted by Crippen LogP contribution is 2.32. The molecule has 2 aromatic carbocycles. The zero-order valence-electron chi connectivity index (χ0n) is 21.5. The number of benzene rings is 2. The molecule has 0 aromatic heterocycles. The maximum atomic E-state index is 13.2. The number of esters is 1. The lowest BCUT2D eigenvalue weighted by Crippen LogP contribution is -2.48. The van der Waals surface area contributed by atoms with Gasteiger partial charge in [-0.15, -0.1) is 0 Å². The molecule has 1 unspecified atom stereocenters. The van der Waals surface area contributed by atoms with Crippen LogP contribution >= 0.6 is 0 Å². The van der Waals surface area contributed by atoms with Gasteiger partial charge in [0.05, 0.1) is 24.0 Å². The number of ether oxygens (including phenoxy) is 1. The fraction of sp³-hybridized carbons (Fsp3) is 0.379. The summed E-state index contributed by atoms with van der Waals surface area (Å²) in [6, 6.07) is 10.1. The first-order valence-corrected chi connectivity index (χ1v) is 12.8. The summed E-state index contributed by atoms with van der Waals surface area (Å²) in [5.41, 5.74) is 2.21. The second-order valence-corrected chi connectivity index (χ2v) is 9.64. The number of allylic oxidation sites excluding steroid dienone is 1. The predicted octanol–water partition coefficient (Wildman–Crippen LogP) is 5.40. The molecule has 38 heavy (non-hydrogen) atoms. The number of hydrogen-bond donors (Lipinski definition) is 2. The summed E-state index contributed by atoms with van der Waals surface area (Å²) in [5.74, 6) is -0.160. The van der Waals surface area contributed by atoms with Crippen LogP contribution in [-0.2, 0) is 15.7 Å². The van der Waals surface area contributed by atoms with Crippen molar-refractivity contribution in [1.29, 1.82) is 0 Å². The molecule has 2 aromatic rings. The normalized spacial score (nSPS) is 18.4. The van der Waals surface area contributed by atoms with Gasteiger partial charge in [-0.25, -0.2) is 0 Å². The molecule has 0 aliphatic carbocycles. The average Bonchev–Trinajstić information content (AvgIpc) is 2.89. The Kier molecular flexibility index (Phi) is 8.56. The molecule has 6 nitrogen and oxygen atoms in total. The Morgan fingerprint density at radius 3 is 2.42 bits per heavy atom. The van der Waals surface area contributed by atoms with Crippen LogP contribution in [0.15, 0.2) is 66.5 Å². The summed E-state index contributed by atoms with van der Waals surface area (Å²) in [4.78, 5) is 27.2. The van der Waals surface area contributed by atoms with Gasteiger partial charge in [-0.05, 0) is 74.1 Å². The second-order valence-electron chi connectivity index (χ2n) is 9.64. The Bertz CT molecular complexity index is 1210. The van der Waals surface area contributed by atoms with Gasteiger partial charge in [-0.1, -0.05) is 29.8 Å². The Morgan fingerprint density at radius 2 is 1.82 bits per heavy atom. The summed E-state index contributed by atoms with van der Waals surface area (Å²) in [6.45, 7) is 5.78. The zero-order chi connectivity index (χ0) is 27.3. The van der Waals surface area contributed by atoms with E-state index in [0.717, 1.165) is 43.6 Å². The number of halogens is 3. The van der Waals surface area contributed by atoms with E-state index in [2.05, 4.69) is 15.5 Å². The van der Waals surface area contributed by atoms with Crippen molar-refractivity contribution in [3.05, 3.63) is 83.2 Å². The van der Waals surface area contributed by atoms with E-state index < -0.39 is 11.7 Å².